The van der Waals surface area contributed by atoms with Gasteiger partial charge in [-0.15, -0.1) is 0 Å². The van der Waals surface area contributed by atoms with Crippen molar-refractivity contribution in [3.05, 3.63) is 0 Å². The van der Waals surface area contributed by atoms with E-state index in [2.05, 4.69) is 5.32 Å². The molecule has 2 bridgehead atoms. The zero-order valence-corrected chi connectivity index (χ0v) is 11.6. The first-order chi connectivity index (χ1) is 9.17. The topological polar surface area (TPSA) is 52.7 Å². The molecule has 3 fully saturated rings. The number of nitrogens with zero attached hydrogens (tertiary/aromatic N) is 2. The summed E-state index contributed by atoms with van der Waals surface area (Å²) in [6.45, 7) is 4.98. The molecule has 1 N–H and O–H groups in total. The van der Waals surface area contributed by atoms with Gasteiger partial charge in [0.05, 0.1) is 5.92 Å². The molecule has 0 saturated carbocycles. The molecular weight excluding hydrogens is 242 g/mol. The van der Waals surface area contributed by atoms with Crippen molar-refractivity contribution in [2.75, 3.05) is 26.2 Å². The lowest BCUT2D eigenvalue weighted by Crippen LogP contribution is -2.42. The van der Waals surface area contributed by atoms with Gasteiger partial charge in [-0.3, -0.25) is 9.59 Å². The first-order valence-electron chi connectivity index (χ1n) is 7.50. The summed E-state index contributed by atoms with van der Waals surface area (Å²) in [5, 5.41) is 3.59. The minimum Gasteiger partial charge on any atom is -0.342 e. The third-order valence-electron chi connectivity index (χ3n) is 4.78. The van der Waals surface area contributed by atoms with Crippen LogP contribution in [-0.4, -0.2) is 59.9 Å². The Balaban J connectivity index is 1.62. The first kappa shape index (κ1) is 12.9. The molecule has 3 saturated heterocycles. The molecular formula is C14H23N3O2. The van der Waals surface area contributed by atoms with E-state index < -0.39 is 0 Å². The van der Waals surface area contributed by atoms with Crippen LogP contribution in [0, 0.1) is 5.92 Å². The number of amides is 2. The highest BCUT2D eigenvalue weighted by Crippen LogP contribution is 2.24. The zero-order valence-electron chi connectivity index (χ0n) is 11.6. The van der Waals surface area contributed by atoms with Crippen LogP contribution >= 0.6 is 0 Å². The normalized spacial score (nSPS) is 34.8. The number of carbonyl (C=O) groups excluding carboxylic acids is 2. The van der Waals surface area contributed by atoms with Crippen molar-refractivity contribution in [2.24, 2.45) is 5.92 Å². The fourth-order valence-corrected chi connectivity index (χ4v) is 3.64. The van der Waals surface area contributed by atoms with Gasteiger partial charge in [0, 0.05) is 44.7 Å². The smallest absolute Gasteiger partial charge is 0.228 e. The van der Waals surface area contributed by atoms with Gasteiger partial charge in [0.15, 0.2) is 0 Å². The highest BCUT2D eigenvalue weighted by atomic mass is 16.2. The van der Waals surface area contributed by atoms with Gasteiger partial charge >= 0.3 is 0 Å². The molecule has 106 valence electrons. The summed E-state index contributed by atoms with van der Waals surface area (Å²) in [5.41, 5.74) is 0. The minimum atomic E-state index is -0.107. The molecule has 0 aromatic carbocycles. The zero-order chi connectivity index (χ0) is 13.4. The largest absolute Gasteiger partial charge is 0.342 e. The lowest BCUT2D eigenvalue weighted by Gasteiger charge is -2.26. The summed E-state index contributed by atoms with van der Waals surface area (Å²) in [6, 6.07) is 1.07. The Bertz CT molecular complexity index is 385. The third-order valence-corrected chi connectivity index (χ3v) is 4.78. The van der Waals surface area contributed by atoms with Crippen molar-refractivity contribution in [3.63, 3.8) is 0 Å². The predicted molar refractivity (Wildman–Crippen MR) is 71.5 cm³/mol. The summed E-state index contributed by atoms with van der Waals surface area (Å²) < 4.78 is 0. The van der Waals surface area contributed by atoms with Gasteiger partial charge in [0.2, 0.25) is 11.8 Å². The number of rotatable bonds is 2. The van der Waals surface area contributed by atoms with Crippen LogP contribution in [0.1, 0.15) is 32.6 Å². The van der Waals surface area contributed by atoms with Crippen LogP contribution in [0.4, 0.5) is 0 Å². The Morgan fingerprint density at radius 2 is 2.05 bits per heavy atom. The van der Waals surface area contributed by atoms with Crippen molar-refractivity contribution in [3.8, 4) is 0 Å². The van der Waals surface area contributed by atoms with E-state index >= 15 is 0 Å². The van der Waals surface area contributed by atoms with E-state index in [4.69, 9.17) is 0 Å². The maximum Gasteiger partial charge on any atom is 0.228 e. The van der Waals surface area contributed by atoms with E-state index in [1.807, 2.05) is 11.8 Å². The van der Waals surface area contributed by atoms with E-state index in [0.717, 1.165) is 26.1 Å². The van der Waals surface area contributed by atoms with E-state index in [-0.39, 0.29) is 17.7 Å². The molecule has 0 spiro atoms. The third kappa shape index (κ3) is 2.48. The number of likely N-dealkylation sites (tertiary alicyclic amines) is 2. The molecule has 0 aromatic heterocycles. The fraction of sp³-hybridized carbons (Fsp3) is 0.857. The number of carbonyl (C=O) groups is 2. The Hall–Kier alpha value is -1.10. The fourth-order valence-electron chi connectivity index (χ4n) is 3.64. The summed E-state index contributed by atoms with van der Waals surface area (Å²) in [7, 11) is 0. The standard InChI is InChI=1S/C14H23N3O2/c1-2-16-8-10(7-13(16)18)14(19)17-6-5-11-3-4-12(9-17)15-11/h10-12,15H,2-9H2,1H3. The number of hydrogen-bond acceptors (Lipinski definition) is 3. The van der Waals surface area contributed by atoms with E-state index in [1.54, 1.807) is 4.90 Å². The highest BCUT2D eigenvalue weighted by Gasteiger charge is 2.38. The summed E-state index contributed by atoms with van der Waals surface area (Å²) in [5.74, 6) is 0.220. The van der Waals surface area contributed by atoms with Crippen LogP contribution in [0.5, 0.6) is 0 Å². The molecule has 0 radical (unpaired) electrons. The number of hydrogen-bond donors (Lipinski definition) is 1. The van der Waals surface area contributed by atoms with Crippen molar-refractivity contribution in [1.29, 1.82) is 0 Å². The lowest BCUT2D eigenvalue weighted by atomic mass is 10.0. The second-order valence-corrected chi connectivity index (χ2v) is 6.04. The van der Waals surface area contributed by atoms with Crippen LogP contribution in [0.2, 0.25) is 0 Å². The molecule has 3 rings (SSSR count). The van der Waals surface area contributed by atoms with Crippen molar-refractivity contribution < 1.29 is 9.59 Å². The van der Waals surface area contributed by atoms with Crippen LogP contribution in [0.25, 0.3) is 0 Å². The van der Waals surface area contributed by atoms with E-state index in [0.29, 0.717) is 25.0 Å². The Labute approximate surface area is 114 Å². The Morgan fingerprint density at radius 1 is 1.26 bits per heavy atom. The molecule has 19 heavy (non-hydrogen) atoms. The molecule has 3 atom stereocenters. The van der Waals surface area contributed by atoms with Crippen LogP contribution in [-0.2, 0) is 9.59 Å². The monoisotopic (exact) mass is 265 g/mol. The summed E-state index contributed by atoms with van der Waals surface area (Å²) in [6.07, 6.45) is 3.89. The van der Waals surface area contributed by atoms with Gasteiger partial charge in [-0.25, -0.2) is 0 Å². The van der Waals surface area contributed by atoms with E-state index in [1.165, 1.54) is 12.8 Å². The second-order valence-electron chi connectivity index (χ2n) is 6.04. The highest BCUT2D eigenvalue weighted by molar-refractivity contribution is 5.89. The molecule has 0 aliphatic carbocycles. The van der Waals surface area contributed by atoms with Gasteiger partial charge in [-0.2, -0.15) is 0 Å². The van der Waals surface area contributed by atoms with Gasteiger partial charge < -0.3 is 15.1 Å². The average Bonchev–Trinajstić information content (AvgIpc) is 2.91. The van der Waals surface area contributed by atoms with Crippen LogP contribution < -0.4 is 5.32 Å². The van der Waals surface area contributed by atoms with Gasteiger partial charge in [0.25, 0.3) is 0 Å². The molecule has 5 heteroatoms. The molecule has 3 aliphatic rings. The minimum absolute atomic E-state index is 0.107. The van der Waals surface area contributed by atoms with Gasteiger partial charge in [-0.05, 0) is 26.2 Å². The molecule has 3 aliphatic heterocycles. The average molecular weight is 265 g/mol. The molecule has 3 heterocycles. The van der Waals surface area contributed by atoms with Crippen molar-refractivity contribution in [2.45, 2.75) is 44.7 Å². The maximum absolute atomic E-state index is 12.6. The SMILES string of the molecule is CCN1CC(C(=O)N2CCC3CCC(C2)N3)CC1=O. The van der Waals surface area contributed by atoms with Crippen LogP contribution in [0.15, 0.2) is 0 Å². The molecule has 3 unspecified atom stereocenters. The van der Waals surface area contributed by atoms with E-state index in [9.17, 15) is 9.59 Å². The number of nitrogens with one attached hydrogen (secondary N) is 1. The Kier molecular flexibility index (Phi) is 3.48. The maximum atomic E-state index is 12.6. The van der Waals surface area contributed by atoms with Crippen molar-refractivity contribution >= 4 is 11.8 Å². The second kappa shape index (κ2) is 5.12. The van der Waals surface area contributed by atoms with Crippen molar-refractivity contribution in [1.82, 2.24) is 15.1 Å². The molecule has 5 nitrogen and oxygen atoms in total. The lowest BCUT2D eigenvalue weighted by molar-refractivity contribution is -0.136. The molecule has 0 aromatic rings. The van der Waals surface area contributed by atoms with Gasteiger partial charge in [0.1, 0.15) is 0 Å². The molecule has 2 amide bonds. The Morgan fingerprint density at radius 3 is 2.79 bits per heavy atom. The van der Waals surface area contributed by atoms with Gasteiger partial charge in [-0.1, -0.05) is 0 Å². The van der Waals surface area contributed by atoms with Crippen LogP contribution in [0.3, 0.4) is 0 Å². The summed E-state index contributed by atoms with van der Waals surface area (Å²) in [4.78, 5) is 28.1. The quantitative estimate of drug-likeness (QED) is 0.776. The number of fused-ring (bicyclic) bond motifs is 2. The summed E-state index contributed by atoms with van der Waals surface area (Å²) >= 11 is 0. The first-order valence-corrected chi connectivity index (χ1v) is 7.50. The predicted octanol–water partition coefficient (Wildman–Crippen LogP) is 0.208.